The number of nitrogens with zero attached hydrogens (tertiary/aromatic N) is 2. The third-order valence-corrected chi connectivity index (χ3v) is 6.70. The zero-order chi connectivity index (χ0) is 26.7. The van der Waals surface area contributed by atoms with Crippen molar-refractivity contribution in [1.82, 2.24) is 15.3 Å². The molecule has 0 aliphatic heterocycles. The molecule has 37 heavy (non-hydrogen) atoms. The first-order valence-corrected chi connectivity index (χ1v) is 13.5. The zero-order valence-electron chi connectivity index (χ0n) is 20.6. The Morgan fingerprint density at radius 2 is 1.73 bits per heavy atom. The number of rotatable bonds is 12. The van der Waals surface area contributed by atoms with Gasteiger partial charge < -0.3 is 14.8 Å². The summed E-state index contributed by atoms with van der Waals surface area (Å²) >= 11 is 5.22. The Balaban J connectivity index is 1.51. The van der Waals surface area contributed by atoms with E-state index in [4.69, 9.17) is 21.7 Å². The van der Waals surface area contributed by atoms with Crippen molar-refractivity contribution < 1.29 is 22.7 Å². The number of hydrogen-bond donors (Lipinski definition) is 3. The average molecular weight is 544 g/mol. The second-order valence-corrected chi connectivity index (χ2v) is 10.0. The second kappa shape index (κ2) is 13.5. The summed E-state index contributed by atoms with van der Waals surface area (Å²) in [6, 6.07) is 14.0. The molecule has 0 saturated heterocycles. The number of thiocarbonyl (C=S) groups is 1. The minimum Gasteiger partial charge on any atom is -0.494 e. The summed E-state index contributed by atoms with van der Waals surface area (Å²) in [5, 5.41) is 5.54. The van der Waals surface area contributed by atoms with Gasteiger partial charge in [-0.15, -0.1) is 0 Å². The standard InChI is InChI=1S/C25H29N5O5S2/c1-3-4-5-6-15-35-20-11-7-18(8-12-20)24(31)29-25(36)28-19-9-13-21(14-10-19)37(32,33)30-22-16-23(34-2)27-17-26-22/h7-14,16-17H,3-6,15H2,1-2H3,(H,26,27,30)(H2,28,29,31,36). The van der Waals surface area contributed by atoms with Crippen LogP contribution in [0, 0.1) is 0 Å². The number of hydrogen-bond acceptors (Lipinski definition) is 8. The van der Waals surface area contributed by atoms with Crippen LogP contribution in [-0.4, -0.2) is 43.1 Å². The molecule has 2 aromatic carbocycles. The van der Waals surface area contributed by atoms with Crippen LogP contribution in [0.1, 0.15) is 43.0 Å². The Morgan fingerprint density at radius 3 is 2.41 bits per heavy atom. The maximum Gasteiger partial charge on any atom is 0.263 e. The number of carbonyl (C=O) groups excluding carboxylic acids is 1. The van der Waals surface area contributed by atoms with E-state index in [-0.39, 0.29) is 27.6 Å². The maximum absolute atomic E-state index is 12.6. The minimum atomic E-state index is -3.89. The third-order valence-electron chi connectivity index (χ3n) is 5.12. The predicted molar refractivity (Wildman–Crippen MR) is 146 cm³/mol. The second-order valence-electron chi connectivity index (χ2n) is 7.92. The lowest BCUT2D eigenvalue weighted by molar-refractivity contribution is 0.0977. The van der Waals surface area contributed by atoms with Gasteiger partial charge in [-0.2, -0.15) is 0 Å². The highest BCUT2D eigenvalue weighted by atomic mass is 32.2. The van der Waals surface area contributed by atoms with Gasteiger partial charge in [0.15, 0.2) is 5.11 Å². The van der Waals surface area contributed by atoms with E-state index in [2.05, 4.69) is 32.2 Å². The minimum absolute atomic E-state index is 0.0123. The van der Waals surface area contributed by atoms with Crippen LogP contribution in [0.25, 0.3) is 0 Å². The van der Waals surface area contributed by atoms with Crippen molar-refractivity contribution in [3.05, 3.63) is 66.5 Å². The SMILES string of the molecule is CCCCCCOc1ccc(C(=O)NC(=S)Nc2ccc(S(=O)(=O)Nc3cc(OC)ncn3)cc2)cc1. The van der Waals surface area contributed by atoms with Crippen molar-refractivity contribution in [2.45, 2.75) is 37.5 Å². The first-order chi connectivity index (χ1) is 17.8. The maximum atomic E-state index is 12.6. The molecule has 3 rings (SSSR count). The van der Waals surface area contributed by atoms with Gasteiger partial charge in [0.05, 0.1) is 18.6 Å². The van der Waals surface area contributed by atoms with Gasteiger partial charge in [-0.05, 0) is 67.2 Å². The number of ether oxygens (including phenoxy) is 2. The van der Waals surface area contributed by atoms with Crippen molar-refractivity contribution in [3.8, 4) is 11.6 Å². The zero-order valence-corrected chi connectivity index (χ0v) is 22.2. The van der Waals surface area contributed by atoms with Crippen molar-refractivity contribution in [3.63, 3.8) is 0 Å². The van der Waals surface area contributed by atoms with Gasteiger partial charge in [0.2, 0.25) is 5.88 Å². The number of unbranched alkanes of at least 4 members (excludes halogenated alkanes) is 3. The molecule has 0 aliphatic carbocycles. The normalized spacial score (nSPS) is 10.9. The molecule has 10 nitrogen and oxygen atoms in total. The molecular formula is C25H29N5O5S2. The monoisotopic (exact) mass is 543 g/mol. The van der Waals surface area contributed by atoms with Gasteiger partial charge in [0, 0.05) is 17.3 Å². The van der Waals surface area contributed by atoms with Crippen LogP contribution in [0.5, 0.6) is 11.6 Å². The lowest BCUT2D eigenvalue weighted by atomic mass is 10.2. The van der Waals surface area contributed by atoms with Crippen molar-refractivity contribution in [1.29, 1.82) is 0 Å². The highest BCUT2D eigenvalue weighted by Gasteiger charge is 2.16. The Bertz CT molecular complexity index is 1300. The molecule has 1 aromatic heterocycles. The van der Waals surface area contributed by atoms with Crippen LogP contribution in [-0.2, 0) is 10.0 Å². The van der Waals surface area contributed by atoms with E-state index in [0.717, 1.165) is 12.8 Å². The fraction of sp³-hybridized carbons (Fsp3) is 0.280. The molecule has 196 valence electrons. The molecule has 0 spiro atoms. The van der Waals surface area contributed by atoms with E-state index in [9.17, 15) is 13.2 Å². The summed E-state index contributed by atoms with van der Waals surface area (Å²) in [7, 11) is -2.47. The first-order valence-electron chi connectivity index (χ1n) is 11.6. The molecule has 1 amide bonds. The van der Waals surface area contributed by atoms with Crippen molar-refractivity contribution >= 4 is 44.8 Å². The first kappa shape index (κ1) is 27.8. The van der Waals surface area contributed by atoms with Gasteiger partial charge in [-0.1, -0.05) is 26.2 Å². The van der Waals surface area contributed by atoms with Crippen LogP contribution in [0.4, 0.5) is 11.5 Å². The number of methoxy groups -OCH3 is 1. The summed E-state index contributed by atoms with van der Waals surface area (Å²) < 4.78 is 38.3. The number of anilines is 2. The van der Waals surface area contributed by atoms with Gasteiger partial charge in [-0.25, -0.2) is 18.4 Å². The van der Waals surface area contributed by atoms with Gasteiger partial charge in [-0.3, -0.25) is 14.8 Å². The van der Waals surface area contributed by atoms with Crippen LogP contribution in [0.3, 0.4) is 0 Å². The van der Waals surface area contributed by atoms with E-state index < -0.39 is 10.0 Å². The number of aromatic nitrogens is 2. The third kappa shape index (κ3) is 8.69. The van der Waals surface area contributed by atoms with E-state index in [0.29, 0.717) is 23.6 Å². The smallest absolute Gasteiger partial charge is 0.263 e. The highest BCUT2D eigenvalue weighted by Crippen LogP contribution is 2.19. The fourth-order valence-corrected chi connectivity index (χ4v) is 4.39. The summed E-state index contributed by atoms with van der Waals surface area (Å²) in [6.45, 7) is 2.81. The summed E-state index contributed by atoms with van der Waals surface area (Å²) in [6.07, 6.45) is 5.69. The molecular weight excluding hydrogens is 514 g/mol. The van der Waals surface area contributed by atoms with Gasteiger partial charge in [0.1, 0.15) is 17.9 Å². The fourth-order valence-electron chi connectivity index (χ4n) is 3.18. The lowest BCUT2D eigenvalue weighted by Crippen LogP contribution is -2.34. The molecule has 12 heteroatoms. The molecule has 3 aromatic rings. The number of benzene rings is 2. The van der Waals surface area contributed by atoms with Gasteiger partial charge >= 0.3 is 0 Å². The molecule has 0 saturated carbocycles. The molecule has 0 atom stereocenters. The van der Waals surface area contributed by atoms with Crippen LogP contribution >= 0.6 is 12.2 Å². The van der Waals surface area contributed by atoms with Gasteiger partial charge in [0.25, 0.3) is 15.9 Å². The molecule has 0 radical (unpaired) electrons. The highest BCUT2D eigenvalue weighted by molar-refractivity contribution is 7.92. The predicted octanol–water partition coefficient (Wildman–Crippen LogP) is 4.37. The Kier molecular flexibility index (Phi) is 10.2. The van der Waals surface area contributed by atoms with E-state index in [1.807, 2.05) is 0 Å². The summed E-state index contributed by atoms with van der Waals surface area (Å²) in [5.74, 6) is 0.627. The number of carbonyl (C=O) groups is 1. The molecule has 3 N–H and O–H groups in total. The van der Waals surface area contributed by atoms with E-state index in [1.54, 1.807) is 24.3 Å². The topological polar surface area (TPSA) is 132 Å². The van der Waals surface area contributed by atoms with E-state index >= 15 is 0 Å². The van der Waals surface area contributed by atoms with Crippen molar-refractivity contribution in [2.24, 2.45) is 0 Å². The Labute approximate surface area is 221 Å². The lowest BCUT2D eigenvalue weighted by Gasteiger charge is -2.11. The summed E-state index contributed by atoms with van der Waals surface area (Å²) in [5.41, 5.74) is 0.927. The molecule has 0 fully saturated rings. The molecule has 0 unspecified atom stereocenters. The average Bonchev–Trinajstić information content (AvgIpc) is 2.89. The number of amides is 1. The quantitative estimate of drug-likeness (QED) is 0.225. The number of nitrogens with one attached hydrogen (secondary N) is 3. The summed E-state index contributed by atoms with van der Waals surface area (Å²) in [4.78, 5) is 20.2. The van der Waals surface area contributed by atoms with Crippen LogP contribution in [0.15, 0.2) is 65.8 Å². The molecule has 0 aliphatic rings. The molecule has 0 bridgehead atoms. The van der Waals surface area contributed by atoms with E-state index in [1.165, 1.54) is 56.6 Å². The van der Waals surface area contributed by atoms with Crippen LogP contribution in [0.2, 0.25) is 0 Å². The van der Waals surface area contributed by atoms with Crippen molar-refractivity contribution in [2.75, 3.05) is 23.8 Å². The number of sulfonamides is 1. The largest absolute Gasteiger partial charge is 0.494 e. The van der Waals surface area contributed by atoms with Crippen LogP contribution < -0.4 is 24.8 Å². The Hall–Kier alpha value is -3.77. The molecule has 1 heterocycles. The Morgan fingerprint density at radius 1 is 1.00 bits per heavy atom.